The van der Waals surface area contributed by atoms with E-state index in [1.54, 1.807) is 6.54 Å². The molecule has 0 aliphatic carbocycles. The van der Waals surface area contributed by atoms with Gasteiger partial charge in [-0.05, 0) is 0 Å². The van der Waals surface area contributed by atoms with Crippen molar-refractivity contribution >= 4 is 0 Å². The smallest absolute Gasteiger partial charge is 0 e. The Bertz CT molecular complexity index is 8.85. The molecule has 0 bridgehead atoms. The van der Waals surface area contributed by atoms with Crippen LogP contribution in [0.3, 0.4) is 0 Å². The van der Waals surface area contributed by atoms with Crippen molar-refractivity contribution in [3.05, 3.63) is 6.54 Å². The molecule has 0 atom stereocenters. The molecule has 5 heavy (non-hydrogen) atoms. The van der Waals surface area contributed by atoms with E-state index in [4.69, 9.17) is 5.73 Å². The van der Waals surface area contributed by atoms with E-state index >= 15 is 0 Å². The summed E-state index contributed by atoms with van der Waals surface area (Å²) >= 11 is 0. The van der Waals surface area contributed by atoms with E-state index < -0.39 is 0 Å². The van der Waals surface area contributed by atoms with Gasteiger partial charge in [-0.3, -0.25) is 6.54 Å². The third-order valence-corrected chi connectivity index (χ3v) is 0.236. The molecule has 0 spiro atoms. The normalized spacial score (nSPS) is 6.00. The summed E-state index contributed by atoms with van der Waals surface area (Å²) in [5, 5.41) is 0. The fourth-order valence-corrected chi connectivity index (χ4v) is 0. The molecule has 0 aliphatic heterocycles. The van der Waals surface area contributed by atoms with Crippen molar-refractivity contribution in [1.82, 2.24) is 0 Å². The van der Waals surface area contributed by atoms with Gasteiger partial charge in [-0.1, -0.05) is 6.92 Å². The van der Waals surface area contributed by atoms with Crippen LogP contribution >= 0.6 is 0 Å². The topological polar surface area (TPSA) is 26.0 Å². The molecule has 2 heteroatoms. The third-order valence-electron chi connectivity index (χ3n) is 0.236. The van der Waals surface area contributed by atoms with E-state index in [2.05, 4.69) is 0 Å². The van der Waals surface area contributed by atoms with Crippen LogP contribution in [-0.2, 0) is 32.7 Å². The molecule has 0 aromatic carbocycles. The maximum atomic E-state index is 4.90. The second kappa shape index (κ2) is 8.91. The zero-order valence-electron chi connectivity index (χ0n) is 3.44. The first-order valence-electron chi connectivity index (χ1n) is 1.45. The maximum absolute atomic E-state index is 4.90. The van der Waals surface area contributed by atoms with Crippen LogP contribution in [0.1, 0.15) is 13.3 Å². The number of hydrogen-bond donors (Lipinski definition) is 1. The number of rotatable bonds is 1. The van der Waals surface area contributed by atoms with Crippen molar-refractivity contribution < 1.29 is 32.7 Å². The molecule has 0 aliphatic rings. The summed E-state index contributed by atoms with van der Waals surface area (Å²) in [5.74, 6) is 0. The molecule has 0 unspecified atom stereocenters. The van der Waals surface area contributed by atoms with E-state index in [0.717, 1.165) is 6.42 Å². The Morgan fingerprint density at radius 3 is 2.00 bits per heavy atom. The fraction of sp³-hybridized carbons (Fsp3) is 0.667. The molecule has 0 rings (SSSR count). The first kappa shape index (κ1) is 9.42. The van der Waals surface area contributed by atoms with Gasteiger partial charge < -0.3 is 5.73 Å². The first-order valence-corrected chi connectivity index (χ1v) is 1.45. The first-order chi connectivity index (χ1) is 1.91. The Hall–Kier alpha value is 1.06. The van der Waals surface area contributed by atoms with Crippen molar-refractivity contribution in [3.63, 3.8) is 0 Å². The minimum absolute atomic E-state index is 0. The van der Waals surface area contributed by atoms with Crippen molar-refractivity contribution in [2.24, 2.45) is 5.73 Å². The Kier molecular flexibility index (Phi) is 16.8. The van der Waals surface area contributed by atoms with Crippen molar-refractivity contribution in [2.75, 3.05) is 0 Å². The molecular formula is C3H8NY-. The second-order valence-corrected chi connectivity index (χ2v) is 0.644. The zero-order valence-corrected chi connectivity index (χ0v) is 6.28. The van der Waals surface area contributed by atoms with Crippen LogP contribution in [-0.4, -0.2) is 0 Å². The van der Waals surface area contributed by atoms with Gasteiger partial charge in [0.05, 0.1) is 0 Å². The summed E-state index contributed by atoms with van der Waals surface area (Å²) in [7, 11) is 0. The third kappa shape index (κ3) is 11.2. The molecule has 2 N–H and O–H groups in total. The second-order valence-electron chi connectivity index (χ2n) is 0.644. The average Bonchev–Trinajstić information content (AvgIpc) is 1.37. The van der Waals surface area contributed by atoms with E-state index in [1.165, 1.54) is 0 Å². The maximum Gasteiger partial charge on any atom is 0 e. The van der Waals surface area contributed by atoms with Gasteiger partial charge in [0.25, 0.3) is 0 Å². The van der Waals surface area contributed by atoms with Gasteiger partial charge >= 0.3 is 0 Å². The van der Waals surface area contributed by atoms with Gasteiger partial charge in [0.15, 0.2) is 0 Å². The number of hydrogen-bond acceptors (Lipinski definition) is 1. The number of nitrogens with two attached hydrogens (primary N) is 1. The van der Waals surface area contributed by atoms with Gasteiger partial charge in [0, 0.05) is 32.7 Å². The van der Waals surface area contributed by atoms with Crippen LogP contribution < -0.4 is 5.73 Å². The summed E-state index contributed by atoms with van der Waals surface area (Å²) in [4.78, 5) is 0. The Morgan fingerprint density at radius 1 is 1.80 bits per heavy atom. The summed E-state index contributed by atoms with van der Waals surface area (Å²) in [6, 6.07) is 0. The molecule has 1 radical (unpaired) electrons. The minimum atomic E-state index is 0. The zero-order chi connectivity index (χ0) is 3.41. The Morgan fingerprint density at radius 2 is 2.00 bits per heavy atom. The molecule has 0 fully saturated rings. The van der Waals surface area contributed by atoms with Crippen LogP contribution in [0.2, 0.25) is 0 Å². The summed E-state index contributed by atoms with van der Waals surface area (Å²) in [6.07, 6.45) is 0.972. The summed E-state index contributed by atoms with van der Waals surface area (Å²) in [5.41, 5.74) is 4.90. The van der Waals surface area contributed by atoms with E-state index in [9.17, 15) is 0 Å². The quantitative estimate of drug-likeness (QED) is 0.537. The van der Waals surface area contributed by atoms with Gasteiger partial charge in [-0.2, -0.15) is 6.42 Å². The molecule has 29 valence electrons. The Balaban J connectivity index is 0. The van der Waals surface area contributed by atoms with Crippen LogP contribution in [0.15, 0.2) is 0 Å². The monoisotopic (exact) mass is 147 g/mol. The fourth-order valence-electron chi connectivity index (χ4n) is 0. The predicted molar refractivity (Wildman–Crippen MR) is 18.8 cm³/mol. The van der Waals surface area contributed by atoms with Crippen molar-refractivity contribution in [2.45, 2.75) is 13.3 Å². The van der Waals surface area contributed by atoms with Crippen molar-refractivity contribution in [1.29, 1.82) is 0 Å². The molecule has 0 heterocycles. The van der Waals surface area contributed by atoms with Gasteiger partial charge in [0.2, 0.25) is 0 Å². The van der Waals surface area contributed by atoms with Gasteiger partial charge in [-0.15, -0.1) is 0 Å². The molecule has 0 aromatic heterocycles. The van der Waals surface area contributed by atoms with Crippen LogP contribution in [0.25, 0.3) is 0 Å². The van der Waals surface area contributed by atoms with E-state index in [1.807, 2.05) is 6.92 Å². The molecule has 1 nitrogen and oxygen atoms in total. The largest absolute Gasteiger partial charge is 0.483 e. The Labute approximate surface area is 58.2 Å². The standard InChI is InChI=1S/C3H8N.Y/c1-2-3-4;/h3H,2,4H2,1H3;/q-1;. The van der Waals surface area contributed by atoms with Crippen molar-refractivity contribution in [3.8, 4) is 0 Å². The SMILES string of the molecule is CC[CH-]N.[Y]. The van der Waals surface area contributed by atoms with Crippen LogP contribution in [0.4, 0.5) is 0 Å². The molecular weight excluding hydrogens is 139 g/mol. The van der Waals surface area contributed by atoms with Gasteiger partial charge in [0.1, 0.15) is 0 Å². The van der Waals surface area contributed by atoms with Crippen LogP contribution in [0, 0.1) is 6.54 Å². The minimum Gasteiger partial charge on any atom is -0.483 e. The summed E-state index contributed by atoms with van der Waals surface area (Å²) < 4.78 is 0. The molecule has 0 aromatic rings. The molecule has 0 saturated heterocycles. The van der Waals surface area contributed by atoms with E-state index in [-0.39, 0.29) is 32.7 Å². The van der Waals surface area contributed by atoms with Gasteiger partial charge in [-0.25, -0.2) is 0 Å². The van der Waals surface area contributed by atoms with E-state index in [0.29, 0.717) is 0 Å². The average molecular weight is 147 g/mol. The summed E-state index contributed by atoms with van der Waals surface area (Å²) in [6.45, 7) is 3.62. The molecule has 0 amide bonds. The molecule has 0 saturated carbocycles. The van der Waals surface area contributed by atoms with Crippen LogP contribution in [0.5, 0.6) is 0 Å². The predicted octanol–water partition coefficient (Wildman–Crippen LogP) is 0.514.